The van der Waals surface area contributed by atoms with Crippen molar-refractivity contribution in [2.45, 2.75) is 69.7 Å². The van der Waals surface area contributed by atoms with Crippen molar-refractivity contribution in [1.82, 2.24) is 0 Å². The van der Waals surface area contributed by atoms with Crippen LogP contribution in [-0.2, 0) is 9.13 Å². The largest absolute Gasteiger partial charge is 0.305 e. The summed E-state index contributed by atoms with van der Waals surface area (Å²) in [4.78, 5) is 41.2. The molecule has 6 aromatic carbocycles. The van der Waals surface area contributed by atoms with Gasteiger partial charge in [-0.1, -0.05) is 152 Å². The predicted octanol–water partition coefficient (Wildman–Crippen LogP) is 11.6. The Hall–Kier alpha value is -5.21. The summed E-state index contributed by atoms with van der Waals surface area (Å²) in [6, 6.07) is 38.1. The first-order valence-electron chi connectivity index (χ1n) is 18.3. The van der Waals surface area contributed by atoms with Gasteiger partial charge in [-0.25, -0.2) is 0 Å². The molecule has 0 heterocycles. The lowest BCUT2D eigenvalue weighted by molar-refractivity contribution is 0.103. The molecule has 288 valence electrons. The van der Waals surface area contributed by atoms with Gasteiger partial charge in [0.15, 0.2) is 0 Å². The molecule has 6 aromatic rings. The second-order valence-corrected chi connectivity index (χ2v) is 19.7. The van der Waals surface area contributed by atoms with Crippen LogP contribution in [0.2, 0.25) is 0 Å². The summed E-state index contributed by atoms with van der Waals surface area (Å²) < 4.78 is 28.7. The molecule has 0 aliphatic carbocycles. The maximum Gasteiger partial charge on any atom is 0.248 e. The zero-order valence-corrected chi connectivity index (χ0v) is 34.8. The van der Waals surface area contributed by atoms with Gasteiger partial charge >= 0.3 is 0 Å². The minimum atomic E-state index is -4.11. The number of benzene rings is 6. The summed E-state index contributed by atoms with van der Waals surface area (Å²) in [7, 11) is -7.56. The fraction of sp³-hybridized carbons (Fsp3) is 0.204. The van der Waals surface area contributed by atoms with Crippen LogP contribution in [0.4, 0.5) is 0 Å². The average molecular weight is 783 g/mol. The summed E-state index contributed by atoms with van der Waals surface area (Å²) >= 11 is 0. The molecular formula is C49H52O5P2. The van der Waals surface area contributed by atoms with E-state index in [0.717, 1.165) is 50.1 Å². The van der Waals surface area contributed by atoms with E-state index in [9.17, 15) is 23.5 Å². The van der Waals surface area contributed by atoms with Gasteiger partial charge in [0.25, 0.3) is 0 Å². The van der Waals surface area contributed by atoms with Gasteiger partial charge in [-0.05, 0) is 95.7 Å². The molecule has 6 rings (SSSR count). The van der Waals surface area contributed by atoms with Gasteiger partial charge < -0.3 is 9.13 Å². The van der Waals surface area contributed by atoms with Crippen LogP contribution in [0, 0.1) is 62.3 Å². The number of hydrogen-bond acceptors (Lipinski definition) is 5. The summed E-state index contributed by atoms with van der Waals surface area (Å²) in [6.07, 6.45) is 0. The van der Waals surface area contributed by atoms with E-state index >= 15 is 0 Å². The molecule has 0 saturated carbocycles. The molecule has 0 spiro atoms. The number of rotatable bonds is 9. The fourth-order valence-corrected chi connectivity index (χ4v) is 12.8. The van der Waals surface area contributed by atoms with Crippen molar-refractivity contribution < 1.29 is 23.5 Å². The Morgan fingerprint density at radius 2 is 0.589 bits per heavy atom. The number of aryl methyl sites for hydroxylation is 9. The Kier molecular flexibility index (Phi) is 13.8. The second-order valence-electron chi connectivity index (χ2n) is 14.5. The normalized spacial score (nSPS) is 11.2. The van der Waals surface area contributed by atoms with Crippen LogP contribution in [0.15, 0.2) is 127 Å². The van der Waals surface area contributed by atoms with E-state index in [2.05, 4.69) is 0 Å². The molecule has 0 N–H and O–H groups in total. The minimum absolute atomic E-state index is 0. The second kappa shape index (κ2) is 17.7. The standard InChI is InChI=1S/C26H27O3P.C22H21O2P.CH4/c1-16-12-18(3)23(19(4)13-16)25(27)30(29,22-10-8-7-9-11-22)26(28)24-20(5)14-17(2)15-21(24)6;1-16-14-17(2)21(18(3)15-16)22(23)25(24,19-10-6-4-7-11-19)20-12-8-5-9-13-20;/h7-15H,1-6H3;4-15H,1-3H3;1H4. The van der Waals surface area contributed by atoms with Crippen LogP contribution < -0.4 is 15.9 Å². The molecule has 7 heteroatoms. The third kappa shape index (κ3) is 8.46. The Bertz CT molecular complexity index is 2330. The van der Waals surface area contributed by atoms with E-state index in [0.29, 0.717) is 27.3 Å². The van der Waals surface area contributed by atoms with Crippen molar-refractivity contribution in [2.75, 3.05) is 0 Å². The number of carbonyl (C=O) groups excluding carboxylic acids is 3. The first kappa shape index (κ1) is 43.5. The lowest BCUT2D eigenvalue weighted by Gasteiger charge is -2.21. The third-order valence-electron chi connectivity index (χ3n) is 9.89. The third-order valence-corrected chi connectivity index (χ3v) is 15.4. The fourth-order valence-electron chi connectivity index (χ4n) is 7.65. The van der Waals surface area contributed by atoms with E-state index in [4.69, 9.17) is 0 Å². The molecule has 0 bridgehead atoms. The lowest BCUT2D eigenvalue weighted by Crippen LogP contribution is -2.23. The van der Waals surface area contributed by atoms with E-state index in [1.165, 1.54) is 0 Å². The van der Waals surface area contributed by atoms with E-state index in [1.807, 2.05) is 135 Å². The summed E-state index contributed by atoms with van der Waals surface area (Å²) in [5.74, 6) is 0. The van der Waals surface area contributed by atoms with Crippen molar-refractivity contribution >= 4 is 46.8 Å². The molecule has 0 amide bonds. The SMILES string of the molecule is C.Cc1cc(C)c(C(=O)P(=O)(C(=O)c2c(C)cc(C)cc2C)c2ccccc2)c(C)c1.Cc1cc(C)c(C(=O)P(=O)(c2ccccc2)c2ccccc2)c(C)c1. The van der Waals surface area contributed by atoms with Crippen molar-refractivity contribution in [3.05, 3.63) is 194 Å². The van der Waals surface area contributed by atoms with Gasteiger partial charge in [0, 0.05) is 32.6 Å². The average Bonchev–Trinajstić information content (AvgIpc) is 3.14. The Labute approximate surface area is 333 Å². The zero-order valence-electron chi connectivity index (χ0n) is 33.1. The summed E-state index contributed by atoms with van der Waals surface area (Å²) in [6.45, 7) is 17.0. The first-order valence-corrected chi connectivity index (χ1v) is 21.7. The number of carbonyl (C=O) groups is 3. The van der Waals surface area contributed by atoms with E-state index < -0.39 is 25.3 Å². The molecule has 0 atom stereocenters. The molecule has 56 heavy (non-hydrogen) atoms. The maximum atomic E-state index is 14.5. The van der Waals surface area contributed by atoms with Crippen molar-refractivity contribution in [3.8, 4) is 0 Å². The van der Waals surface area contributed by atoms with Crippen molar-refractivity contribution in [3.63, 3.8) is 0 Å². The highest BCUT2D eigenvalue weighted by atomic mass is 31.2. The Morgan fingerprint density at radius 1 is 0.357 bits per heavy atom. The molecule has 0 fully saturated rings. The zero-order chi connectivity index (χ0) is 40.2. The highest BCUT2D eigenvalue weighted by molar-refractivity contribution is 8.01. The number of hydrogen-bond donors (Lipinski definition) is 0. The van der Waals surface area contributed by atoms with Crippen LogP contribution in [0.25, 0.3) is 0 Å². The topological polar surface area (TPSA) is 85.3 Å². The van der Waals surface area contributed by atoms with Crippen LogP contribution >= 0.6 is 14.3 Å². The van der Waals surface area contributed by atoms with E-state index in [-0.39, 0.29) is 18.3 Å². The van der Waals surface area contributed by atoms with Gasteiger partial charge in [-0.2, -0.15) is 0 Å². The predicted molar refractivity (Wildman–Crippen MR) is 235 cm³/mol. The van der Waals surface area contributed by atoms with Crippen LogP contribution in [0.3, 0.4) is 0 Å². The smallest absolute Gasteiger partial charge is 0.248 e. The molecular weight excluding hydrogens is 730 g/mol. The van der Waals surface area contributed by atoms with Gasteiger partial charge in [0.1, 0.15) is 0 Å². The van der Waals surface area contributed by atoms with E-state index in [1.54, 1.807) is 54.6 Å². The maximum absolute atomic E-state index is 14.5. The molecule has 0 unspecified atom stereocenters. The van der Waals surface area contributed by atoms with Gasteiger partial charge in [-0.15, -0.1) is 0 Å². The Balaban J connectivity index is 0.000000248. The highest BCUT2D eigenvalue weighted by Crippen LogP contribution is 2.53. The van der Waals surface area contributed by atoms with Gasteiger partial charge in [0.05, 0.1) is 0 Å². The molecule has 0 aliphatic heterocycles. The van der Waals surface area contributed by atoms with Gasteiger partial charge in [-0.3, -0.25) is 14.4 Å². The molecule has 0 saturated heterocycles. The van der Waals surface area contributed by atoms with Crippen molar-refractivity contribution in [1.29, 1.82) is 0 Å². The molecule has 5 nitrogen and oxygen atoms in total. The summed E-state index contributed by atoms with van der Waals surface area (Å²) in [5.41, 5.74) is 7.68. The molecule has 0 aromatic heterocycles. The van der Waals surface area contributed by atoms with Crippen LogP contribution in [0.5, 0.6) is 0 Å². The quantitative estimate of drug-likeness (QED) is 0.136. The first-order chi connectivity index (χ1) is 26.0. The minimum Gasteiger partial charge on any atom is -0.305 e. The highest BCUT2D eigenvalue weighted by Gasteiger charge is 2.44. The monoisotopic (exact) mass is 782 g/mol. The van der Waals surface area contributed by atoms with Gasteiger partial charge in [0.2, 0.25) is 30.9 Å². The molecule has 0 radical (unpaired) electrons. The lowest BCUT2D eigenvalue weighted by atomic mass is 10.0. The van der Waals surface area contributed by atoms with Crippen LogP contribution in [-0.4, -0.2) is 16.6 Å². The Morgan fingerprint density at radius 3 is 0.857 bits per heavy atom. The summed E-state index contributed by atoms with van der Waals surface area (Å²) in [5, 5.41) is 1.43. The van der Waals surface area contributed by atoms with Crippen LogP contribution in [0.1, 0.15) is 88.6 Å². The van der Waals surface area contributed by atoms with Crippen molar-refractivity contribution in [2.24, 2.45) is 0 Å². The molecule has 0 aliphatic rings.